The van der Waals surface area contributed by atoms with E-state index in [2.05, 4.69) is 28.3 Å². The summed E-state index contributed by atoms with van der Waals surface area (Å²) in [6.07, 6.45) is 5.21. The molecule has 5 rings (SSSR count). The molecule has 0 bridgehead atoms. The molecular weight excluding hydrogens is 400 g/mol. The summed E-state index contributed by atoms with van der Waals surface area (Å²) in [6.45, 7) is 2.85. The number of rotatable bonds is 5. The van der Waals surface area contributed by atoms with Crippen molar-refractivity contribution in [1.29, 1.82) is 0 Å². The van der Waals surface area contributed by atoms with Crippen molar-refractivity contribution in [3.63, 3.8) is 0 Å². The van der Waals surface area contributed by atoms with Crippen LogP contribution in [-0.2, 0) is 11.4 Å². The fourth-order valence-electron chi connectivity index (χ4n) is 4.55. The van der Waals surface area contributed by atoms with E-state index in [4.69, 9.17) is 21.5 Å². The molecule has 1 spiro atoms. The molecule has 1 saturated heterocycles. The Morgan fingerprint density at radius 1 is 1.17 bits per heavy atom. The molecule has 5 nitrogen and oxygen atoms in total. The first-order valence-corrected chi connectivity index (χ1v) is 11.0. The Morgan fingerprint density at radius 2 is 1.90 bits per heavy atom. The molecule has 0 amide bonds. The smallest absolute Gasteiger partial charge is 0.335 e. The molecule has 0 unspecified atom stereocenters. The second kappa shape index (κ2) is 7.71. The van der Waals surface area contributed by atoms with Gasteiger partial charge in [-0.25, -0.2) is 4.79 Å². The zero-order valence-corrected chi connectivity index (χ0v) is 17.6. The van der Waals surface area contributed by atoms with Crippen LogP contribution in [0.4, 0.5) is 0 Å². The van der Waals surface area contributed by atoms with Gasteiger partial charge in [-0.15, -0.1) is 0 Å². The summed E-state index contributed by atoms with van der Waals surface area (Å²) in [5.74, 6) is -0.210. The third kappa shape index (κ3) is 4.09. The highest BCUT2D eigenvalue weighted by molar-refractivity contribution is 6.30. The van der Waals surface area contributed by atoms with Gasteiger partial charge in [0, 0.05) is 43.9 Å². The third-order valence-corrected chi connectivity index (χ3v) is 6.72. The molecule has 0 aromatic heterocycles. The minimum absolute atomic E-state index is 0.231. The van der Waals surface area contributed by atoms with Crippen molar-refractivity contribution in [3.05, 3.63) is 69.7 Å². The maximum absolute atomic E-state index is 11.0. The van der Waals surface area contributed by atoms with Gasteiger partial charge in [-0.1, -0.05) is 35.0 Å². The Bertz CT molecular complexity index is 990. The van der Waals surface area contributed by atoms with Gasteiger partial charge < -0.3 is 9.94 Å². The molecule has 3 aliphatic rings. The van der Waals surface area contributed by atoms with Gasteiger partial charge in [-0.2, -0.15) is 0 Å². The van der Waals surface area contributed by atoms with E-state index >= 15 is 0 Å². The Kier molecular flexibility index (Phi) is 5.03. The van der Waals surface area contributed by atoms with Crippen LogP contribution in [0.5, 0.6) is 0 Å². The van der Waals surface area contributed by atoms with Crippen LogP contribution in [0.25, 0.3) is 0 Å². The SMILES string of the molecule is O=C(O)c1ccc(C2=NOC3(CCN(Cc4cc(Cl)cc(C5CC5)c4)CC3)C2)cc1. The number of likely N-dealkylation sites (tertiary alicyclic amines) is 1. The molecule has 30 heavy (non-hydrogen) atoms. The highest BCUT2D eigenvalue weighted by Gasteiger charge is 2.42. The van der Waals surface area contributed by atoms with Crippen LogP contribution in [0.3, 0.4) is 0 Å². The summed E-state index contributed by atoms with van der Waals surface area (Å²) in [5, 5.41) is 14.3. The molecule has 2 fully saturated rings. The lowest BCUT2D eigenvalue weighted by Gasteiger charge is -2.37. The first-order valence-electron chi connectivity index (χ1n) is 10.6. The number of carbonyl (C=O) groups is 1. The maximum Gasteiger partial charge on any atom is 0.335 e. The number of benzene rings is 2. The number of aromatic carboxylic acids is 1. The van der Waals surface area contributed by atoms with Gasteiger partial charge >= 0.3 is 5.97 Å². The van der Waals surface area contributed by atoms with Crippen LogP contribution in [0, 0.1) is 0 Å². The quantitative estimate of drug-likeness (QED) is 0.727. The topological polar surface area (TPSA) is 62.1 Å². The molecule has 1 saturated carbocycles. The molecule has 2 aromatic carbocycles. The van der Waals surface area contributed by atoms with Crippen LogP contribution in [-0.4, -0.2) is 40.4 Å². The molecule has 2 aromatic rings. The number of carboxylic acid groups (broad SMARTS) is 1. The van der Waals surface area contributed by atoms with Crippen LogP contribution >= 0.6 is 11.6 Å². The predicted octanol–water partition coefficient (Wildman–Crippen LogP) is 5.07. The highest BCUT2D eigenvalue weighted by atomic mass is 35.5. The van der Waals surface area contributed by atoms with Crippen LogP contribution in [0.2, 0.25) is 5.02 Å². The van der Waals surface area contributed by atoms with E-state index in [0.717, 1.165) is 55.2 Å². The average molecular weight is 425 g/mol. The van der Waals surface area contributed by atoms with E-state index in [-0.39, 0.29) is 11.2 Å². The molecule has 0 atom stereocenters. The van der Waals surface area contributed by atoms with Crippen LogP contribution in [0.1, 0.15) is 65.1 Å². The lowest BCUT2D eigenvalue weighted by molar-refractivity contribution is -0.0627. The minimum Gasteiger partial charge on any atom is -0.478 e. The van der Waals surface area contributed by atoms with E-state index in [1.54, 1.807) is 12.1 Å². The van der Waals surface area contributed by atoms with E-state index < -0.39 is 5.97 Å². The average Bonchev–Trinajstić information content (AvgIpc) is 3.51. The lowest BCUT2D eigenvalue weighted by atomic mass is 9.85. The Hall–Kier alpha value is -2.37. The number of carboxylic acids is 1. The van der Waals surface area contributed by atoms with Crippen molar-refractivity contribution in [1.82, 2.24) is 4.90 Å². The van der Waals surface area contributed by atoms with Crippen molar-refractivity contribution in [3.8, 4) is 0 Å². The van der Waals surface area contributed by atoms with E-state index in [1.165, 1.54) is 24.0 Å². The van der Waals surface area contributed by atoms with Crippen molar-refractivity contribution in [2.75, 3.05) is 13.1 Å². The second-order valence-corrected chi connectivity index (χ2v) is 9.25. The zero-order chi connectivity index (χ0) is 20.7. The molecule has 0 radical (unpaired) electrons. The predicted molar refractivity (Wildman–Crippen MR) is 116 cm³/mol. The van der Waals surface area contributed by atoms with Crippen molar-refractivity contribution in [2.45, 2.75) is 50.2 Å². The molecule has 6 heteroatoms. The van der Waals surface area contributed by atoms with Gasteiger partial charge in [-0.3, -0.25) is 4.90 Å². The highest BCUT2D eigenvalue weighted by Crippen LogP contribution is 2.41. The summed E-state index contributed by atoms with van der Waals surface area (Å²) in [4.78, 5) is 19.4. The van der Waals surface area contributed by atoms with E-state index in [9.17, 15) is 4.79 Å². The zero-order valence-electron chi connectivity index (χ0n) is 16.8. The second-order valence-electron chi connectivity index (χ2n) is 8.81. The fraction of sp³-hybridized carbons (Fsp3) is 0.417. The van der Waals surface area contributed by atoms with Gasteiger partial charge in [-0.05, 0) is 59.7 Å². The maximum atomic E-state index is 11.0. The monoisotopic (exact) mass is 424 g/mol. The third-order valence-electron chi connectivity index (χ3n) is 6.51. The minimum atomic E-state index is -0.918. The van der Waals surface area contributed by atoms with Crippen LogP contribution in [0.15, 0.2) is 47.6 Å². The normalized spacial score (nSPS) is 20.8. The van der Waals surface area contributed by atoms with Gasteiger partial charge in [0.2, 0.25) is 0 Å². The number of hydrogen-bond donors (Lipinski definition) is 1. The van der Waals surface area contributed by atoms with Crippen molar-refractivity contribution < 1.29 is 14.7 Å². The van der Waals surface area contributed by atoms with Gasteiger partial charge in [0.05, 0.1) is 11.3 Å². The van der Waals surface area contributed by atoms with Crippen LogP contribution < -0.4 is 0 Å². The Morgan fingerprint density at radius 3 is 2.57 bits per heavy atom. The molecule has 1 N–H and O–H groups in total. The summed E-state index contributed by atoms with van der Waals surface area (Å²) in [7, 11) is 0. The summed E-state index contributed by atoms with van der Waals surface area (Å²) < 4.78 is 0. The molecule has 156 valence electrons. The summed E-state index contributed by atoms with van der Waals surface area (Å²) >= 11 is 6.35. The Labute approximate surface area is 181 Å². The largest absolute Gasteiger partial charge is 0.478 e. The first-order chi connectivity index (χ1) is 14.5. The lowest BCUT2D eigenvalue weighted by Crippen LogP contribution is -2.44. The fourth-order valence-corrected chi connectivity index (χ4v) is 4.81. The first kappa shape index (κ1) is 19.6. The molecule has 2 aliphatic heterocycles. The van der Waals surface area contributed by atoms with Gasteiger partial charge in [0.15, 0.2) is 0 Å². The molecular formula is C24H25ClN2O3. The van der Waals surface area contributed by atoms with Crippen molar-refractivity contribution >= 4 is 23.3 Å². The van der Waals surface area contributed by atoms with Gasteiger partial charge in [0.25, 0.3) is 0 Å². The Balaban J connectivity index is 1.19. The van der Waals surface area contributed by atoms with Crippen molar-refractivity contribution in [2.24, 2.45) is 5.16 Å². The standard InChI is InChI=1S/C24H25ClN2O3/c25-21-12-16(11-20(13-21)17-1-2-17)15-27-9-7-24(8-10-27)14-22(26-30-24)18-3-5-19(6-4-18)23(28)29/h3-6,11-13,17H,1-2,7-10,14-15H2,(H,28,29). The summed E-state index contributed by atoms with van der Waals surface area (Å²) in [5.41, 5.74) is 4.58. The van der Waals surface area contributed by atoms with E-state index in [1.807, 2.05) is 12.1 Å². The van der Waals surface area contributed by atoms with E-state index in [0.29, 0.717) is 5.92 Å². The molecule has 2 heterocycles. The number of halogens is 1. The molecule has 1 aliphatic carbocycles. The number of oxime groups is 1. The summed E-state index contributed by atoms with van der Waals surface area (Å²) in [6, 6.07) is 13.4. The number of piperidine rings is 1. The van der Waals surface area contributed by atoms with Gasteiger partial charge in [0.1, 0.15) is 5.60 Å². The number of hydrogen-bond acceptors (Lipinski definition) is 4. The number of nitrogens with zero attached hydrogens (tertiary/aromatic N) is 2.